The van der Waals surface area contributed by atoms with Crippen molar-refractivity contribution < 1.29 is 19.4 Å². The number of carboxylic acids is 1. The molecular formula is C19H20O4S. The molecule has 1 atom stereocenters. The van der Waals surface area contributed by atoms with Gasteiger partial charge < -0.3 is 9.84 Å². The number of hydrogen-bond acceptors (Lipinski definition) is 4. The van der Waals surface area contributed by atoms with E-state index in [9.17, 15) is 14.7 Å². The van der Waals surface area contributed by atoms with Crippen LogP contribution in [0.5, 0.6) is 5.75 Å². The lowest BCUT2D eigenvalue weighted by molar-refractivity contribution is -0.140. The number of thioether (sulfide) groups is 1. The van der Waals surface area contributed by atoms with E-state index in [1.165, 1.54) is 0 Å². The summed E-state index contributed by atoms with van der Waals surface area (Å²) in [5, 5.41) is 9.30. The minimum absolute atomic E-state index is 0.103. The number of rotatable bonds is 8. The van der Waals surface area contributed by atoms with Crippen LogP contribution in [0.15, 0.2) is 54.6 Å². The van der Waals surface area contributed by atoms with Crippen LogP contribution in [0, 0.1) is 5.92 Å². The quantitative estimate of drug-likeness (QED) is 0.787. The summed E-state index contributed by atoms with van der Waals surface area (Å²) in [5.74, 6) is -0.490. The van der Waals surface area contributed by atoms with Gasteiger partial charge in [0.2, 0.25) is 5.12 Å². The maximum absolute atomic E-state index is 12.1. The van der Waals surface area contributed by atoms with Crippen molar-refractivity contribution in [1.29, 1.82) is 0 Å². The first kappa shape index (κ1) is 18.1. The molecule has 2 rings (SSSR count). The number of hydrogen-bond donors (Lipinski definition) is 1. The van der Waals surface area contributed by atoms with Crippen LogP contribution in [0.1, 0.15) is 22.8 Å². The molecular weight excluding hydrogens is 324 g/mol. The van der Waals surface area contributed by atoms with Gasteiger partial charge in [-0.2, -0.15) is 0 Å². The molecule has 1 unspecified atom stereocenters. The molecule has 0 bridgehead atoms. The van der Waals surface area contributed by atoms with E-state index < -0.39 is 11.9 Å². The zero-order valence-electron chi connectivity index (χ0n) is 13.5. The third-order valence-corrected chi connectivity index (χ3v) is 4.56. The van der Waals surface area contributed by atoms with E-state index in [2.05, 4.69) is 0 Å². The van der Waals surface area contributed by atoms with E-state index in [1.807, 2.05) is 37.3 Å². The highest BCUT2D eigenvalue weighted by Crippen LogP contribution is 2.20. The van der Waals surface area contributed by atoms with Crippen molar-refractivity contribution in [2.75, 3.05) is 12.4 Å². The Bertz CT molecular complexity index is 668. The van der Waals surface area contributed by atoms with Crippen LogP contribution >= 0.6 is 11.8 Å². The second kappa shape index (κ2) is 9.13. The Kier molecular flexibility index (Phi) is 6.88. The van der Waals surface area contributed by atoms with E-state index in [1.54, 1.807) is 24.3 Å². The molecule has 4 nitrogen and oxygen atoms in total. The van der Waals surface area contributed by atoms with Gasteiger partial charge in [0.15, 0.2) is 0 Å². The lowest BCUT2D eigenvalue weighted by Crippen LogP contribution is -2.20. The average Bonchev–Trinajstić information content (AvgIpc) is 2.60. The van der Waals surface area contributed by atoms with E-state index in [0.717, 1.165) is 23.1 Å². The zero-order valence-corrected chi connectivity index (χ0v) is 14.3. The molecule has 0 amide bonds. The standard InChI is InChI=1S/C19H20O4S/c1-2-23-17-10-8-14(9-11-17)12-16(18(20)21)13-24-19(22)15-6-4-3-5-7-15/h3-11,16H,2,12-13H2,1H3,(H,20,21). The molecule has 0 heterocycles. The van der Waals surface area contributed by atoms with E-state index >= 15 is 0 Å². The maximum Gasteiger partial charge on any atom is 0.307 e. The average molecular weight is 344 g/mol. The second-order valence-electron chi connectivity index (χ2n) is 5.28. The van der Waals surface area contributed by atoms with Gasteiger partial charge in [-0.1, -0.05) is 54.2 Å². The minimum atomic E-state index is -0.891. The number of carboxylic acid groups (broad SMARTS) is 1. The fourth-order valence-electron chi connectivity index (χ4n) is 2.22. The van der Waals surface area contributed by atoms with E-state index in [0.29, 0.717) is 18.6 Å². The Morgan fingerprint density at radius 2 is 1.75 bits per heavy atom. The van der Waals surface area contributed by atoms with Crippen LogP contribution < -0.4 is 4.74 Å². The van der Waals surface area contributed by atoms with Crippen LogP contribution in [0.3, 0.4) is 0 Å². The molecule has 126 valence electrons. The molecule has 0 fully saturated rings. The third-order valence-electron chi connectivity index (χ3n) is 3.49. The molecule has 24 heavy (non-hydrogen) atoms. The largest absolute Gasteiger partial charge is 0.494 e. The second-order valence-corrected chi connectivity index (χ2v) is 6.27. The van der Waals surface area contributed by atoms with Gasteiger partial charge in [0, 0.05) is 11.3 Å². The molecule has 2 aromatic carbocycles. The summed E-state index contributed by atoms with van der Waals surface area (Å²) in [6, 6.07) is 16.3. The highest BCUT2D eigenvalue weighted by molar-refractivity contribution is 8.14. The number of aliphatic carboxylic acids is 1. The predicted octanol–water partition coefficient (Wildman–Crippen LogP) is 3.90. The van der Waals surface area contributed by atoms with Crippen molar-refractivity contribution in [3.63, 3.8) is 0 Å². The molecule has 0 aliphatic carbocycles. The van der Waals surface area contributed by atoms with Gasteiger partial charge in [0.1, 0.15) is 5.75 Å². The Labute approximate surface area is 145 Å². The van der Waals surface area contributed by atoms with Gasteiger partial charge in [0.25, 0.3) is 0 Å². The van der Waals surface area contributed by atoms with Crippen LogP contribution in [0.4, 0.5) is 0 Å². The fourth-order valence-corrected chi connectivity index (χ4v) is 3.14. The van der Waals surface area contributed by atoms with E-state index in [4.69, 9.17) is 4.74 Å². The summed E-state index contributed by atoms with van der Waals surface area (Å²) in [4.78, 5) is 23.6. The molecule has 0 aromatic heterocycles. The van der Waals surface area contributed by atoms with Gasteiger partial charge in [-0.25, -0.2) is 0 Å². The van der Waals surface area contributed by atoms with Gasteiger partial charge in [0.05, 0.1) is 12.5 Å². The Morgan fingerprint density at radius 3 is 2.33 bits per heavy atom. The molecule has 0 spiro atoms. The number of carbonyl (C=O) groups excluding carboxylic acids is 1. The summed E-state index contributed by atoms with van der Waals surface area (Å²) in [7, 11) is 0. The van der Waals surface area contributed by atoms with Gasteiger partial charge in [-0.3, -0.25) is 9.59 Å². The summed E-state index contributed by atoms with van der Waals surface area (Å²) in [6.45, 7) is 2.50. The van der Waals surface area contributed by atoms with Crippen molar-refractivity contribution in [2.45, 2.75) is 13.3 Å². The first-order valence-electron chi connectivity index (χ1n) is 7.77. The third kappa shape index (κ3) is 5.42. The Hall–Kier alpha value is -2.27. The van der Waals surface area contributed by atoms with Gasteiger partial charge >= 0.3 is 5.97 Å². The van der Waals surface area contributed by atoms with Crippen molar-refractivity contribution in [3.05, 3.63) is 65.7 Å². The highest BCUT2D eigenvalue weighted by Gasteiger charge is 2.20. The number of ether oxygens (including phenoxy) is 1. The smallest absolute Gasteiger partial charge is 0.307 e. The molecule has 5 heteroatoms. The Morgan fingerprint density at radius 1 is 1.08 bits per heavy atom. The minimum Gasteiger partial charge on any atom is -0.494 e. The maximum atomic E-state index is 12.1. The van der Waals surface area contributed by atoms with Crippen molar-refractivity contribution in [1.82, 2.24) is 0 Å². The predicted molar refractivity (Wildman–Crippen MR) is 95.7 cm³/mol. The molecule has 0 saturated heterocycles. The first-order chi connectivity index (χ1) is 11.6. The SMILES string of the molecule is CCOc1ccc(CC(CSC(=O)c2ccccc2)C(=O)O)cc1. The number of carbonyl (C=O) groups is 2. The van der Waals surface area contributed by atoms with Crippen LogP contribution in [-0.2, 0) is 11.2 Å². The Balaban J connectivity index is 1.94. The van der Waals surface area contributed by atoms with Crippen molar-refractivity contribution in [3.8, 4) is 5.75 Å². The number of benzene rings is 2. The molecule has 0 aliphatic heterocycles. The summed E-state index contributed by atoms with van der Waals surface area (Å²) >= 11 is 1.05. The topological polar surface area (TPSA) is 63.6 Å². The molecule has 0 saturated carbocycles. The normalized spacial score (nSPS) is 11.7. The fraction of sp³-hybridized carbons (Fsp3) is 0.263. The van der Waals surface area contributed by atoms with Crippen LogP contribution in [-0.4, -0.2) is 28.6 Å². The van der Waals surface area contributed by atoms with Crippen molar-refractivity contribution >= 4 is 22.8 Å². The highest BCUT2D eigenvalue weighted by atomic mass is 32.2. The lowest BCUT2D eigenvalue weighted by atomic mass is 10.0. The summed E-state index contributed by atoms with van der Waals surface area (Å²) in [6.07, 6.45) is 0.386. The zero-order chi connectivity index (χ0) is 17.4. The summed E-state index contributed by atoms with van der Waals surface area (Å²) in [5.41, 5.74) is 1.51. The van der Waals surface area contributed by atoms with Gasteiger partial charge in [-0.15, -0.1) is 0 Å². The summed E-state index contributed by atoms with van der Waals surface area (Å²) < 4.78 is 5.38. The van der Waals surface area contributed by atoms with Crippen LogP contribution in [0.2, 0.25) is 0 Å². The molecule has 1 N–H and O–H groups in total. The molecule has 0 radical (unpaired) electrons. The first-order valence-corrected chi connectivity index (χ1v) is 8.75. The monoisotopic (exact) mass is 344 g/mol. The van der Waals surface area contributed by atoms with Crippen molar-refractivity contribution in [2.24, 2.45) is 5.92 Å². The van der Waals surface area contributed by atoms with Crippen LogP contribution in [0.25, 0.3) is 0 Å². The van der Waals surface area contributed by atoms with Gasteiger partial charge in [-0.05, 0) is 31.0 Å². The molecule has 0 aliphatic rings. The molecule has 2 aromatic rings. The lowest BCUT2D eigenvalue weighted by Gasteiger charge is -2.12. The van der Waals surface area contributed by atoms with E-state index in [-0.39, 0.29) is 10.9 Å².